The average molecular weight is 388 g/mol. The van der Waals surface area contributed by atoms with Crippen molar-refractivity contribution in [3.05, 3.63) is 36.9 Å². The van der Waals surface area contributed by atoms with Gasteiger partial charge >= 0.3 is 0 Å². The summed E-state index contributed by atoms with van der Waals surface area (Å²) in [6, 6.07) is 6.63. The van der Waals surface area contributed by atoms with Crippen LogP contribution < -0.4 is 5.32 Å². The van der Waals surface area contributed by atoms with E-state index in [0.29, 0.717) is 37.6 Å². The van der Waals surface area contributed by atoms with Gasteiger partial charge in [-0.2, -0.15) is 4.31 Å². The van der Waals surface area contributed by atoms with Crippen molar-refractivity contribution in [2.75, 3.05) is 31.6 Å². The van der Waals surface area contributed by atoms with Crippen molar-refractivity contribution in [3.8, 4) is 0 Å². The molecule has 1 saturated heterocycles. The van der Waals surface area contributed by atoms with Gasteiger partial charge in [0.1, 0.15) is 6.33 Å². The van der Waals surface area contributed by atoms with Crippen molar-refractivity contribution in [2.24, 2.45) is 0 Å². The van der Waals surface area contributed by atoms with E-state index < -0.39 is 10.0 Å². The number of anilines is 2. The summed E-state index contributed by atoms with van der Waals surface area (Å²) in [6.07, 6.45) is 3.21. The van der Waals surface area contributed by atoms with E-state index in [0.717, 1.165) is 17.9 Å². The Hall–Kier alpha value is -2.56. The van der Waals surface area contributed by atoms with Crippen molar-refractivity contribution in [1.29, 1.82) is 0 Å². The van der Waals surface area contributed by atoms with Crippen molar-refractivity contribution in [3.63, 3.8) is 0 Å². The number of nitrogens with one attached hydrogen (secondary N) is 1. The van der Waals surface area contributed by atoms with Crippen LogP contribution in [0, 0.1) is 0 Å². The molecule has 0 radical (unpaired) electrons. The molecule has 2 aromatic heterocycles. The molecule has 0 atom stereocenters. The minimum absolute atomic E-state index is 0.262. The van der Waals surface area contributed by atoms with Gasteiger partial charge in [0.05, 0.1) is 24.4 Å². The highest BCUT2D eigenvalue weighted by atomic mass is 32.2. The maximum Gasteiger partial charge on any atom is 0.243 e. The Morgan fingerprint density at radius 2 is 1.85 bits per heavy atom. The first-order valence-electron chi connectivity index (χ1n) is 8.70. The molecule has 1 aromatic carbocycles. The van der Waals surface area contributed by atoms with Gasteiger partial charge in [-0.05, 0) is 31.2 Å². The number of morpholine rings is 1. The Labute approximate surface area is 157 Å². The molecule has 1 fully saturated rings. The van der Waals surface area contributed by atoms with Crippen LogP contribution in [0.5, 0.6) is 0 Å². The zero-order chi connectivity index (χ0) is 18.9. The summed E-state index contributed by atoms with van der Waals surface area (Å²) in [5.74, 6) is 0.580. The lowest BCUT2D eigenvalue weighted by molar-refractivity contribution is 0.0730. The molecule has 0 amide bonds. The van der Waals surface area contributed by atoms with Crippen LogP contribution in [0.15, 0.2) is 41.8 Å². The Morgan fingerprint density at radius 3 is 2.56 bits per heavy atom. The summed E-state index contributed by atoms with van der Waals surface area (Å²) < 4.78 is 34.0. The molecule has 10 heteroatoms. The minimum atomic E-state index is -3.50. The number of aromatic nitrogens is 4. The first kappa shape index (κ1) is 17.8. The van der Waals surface area contributed by atoms with Gasteiger partial charge in [-0.15, -0.1) is 0 Å². The molecule has 1 aliphatic rings. The molecular formula is C17H20N6O3S. The zero-order valence-corrected chi connectivity index (χ0v) is 15.7. The van der Waals surface area contributed by atoms with Gasteiger partial charge in [-0.25, -0.2) is 23.4 Å². The molecule has 0 unspecified atom stereocenters. The number of rotatable bonds is 5. The molecule has 1 aliphatic heterocycles. The van der Waals surface area contributed by atoms with E-state index in [1.807, 2.05) is 11.5 Å². The maximum atomic E-state index is 12.7. The molecule has 0 spiro atoms. The number of aryl methyl sites for hydroxylation is 1. The van der Waals surface area contributed by atoms with Crippen molar-refractivity contribution in [1.82, 2.24) is 23.8 Å². The summed E-state index contributed by atoms with van der Waals surface area (Å²) in [7, 11) is -3.50. The molecular weight excluding hydrogens is 368 g/mol. The predicted molar refractivity (Wildman–Crippen MR) is 100 cm³/mol. The van der Waals surface area contributed by atoms with Crippen LogP contribution in [-0.2, 0) is 21.3 Å². The highest BCUT2D eigenvalue weighted by molar-refractivity contribution is 7.89. The summed E-state index contributed by atoms with van der Waals surface area (Å²) in [4.78, 5) is 13.1. The molecule has 0 aliphatic carbocycles. The van der Waals surface area contributed by atoms with E-state index in [9.17, 15) is 8.42 Å². The van der Waals surface area contributed by atoms with Gasteiger partial charge in [0.15, 0.2) is 17.0 Å². The van der Waals surface area contributed by atoms with E-state index >= 15 is 0 Å². The van der Waals surface area contributed by atoms with E-state index in [1.54, 1.807) is 30.6 Å². The Bertz CT molecular complexity index is 1040. The lowest BCUT2D eigenvalue weighted by atomic mass is 10.3. The van der Waals surface area contributed by atoms with Gasteiger partial charge < -0.3 is 14.6 Å². The highest BCUT2D eigenvalue weighted by Crippen LogP contribution is 2.24. The minimum Gasteiger partial charge on any atom is -0.379 e. The topological polar surface area (TPSA) is 102 Å². The van der Waals surface area contributed by atoms with Crippen LogP contribution in [0.3, 0.4) is 0 Å². The third-order valence-corrected chi connectivity index (χ3v) is 6.38. The fourth-order valence-electron chi connectivity index (χ4n) is 2.99. The van der Waals surface area contributed by atoms with Crippen molar-refractivity contribution >= 4 is 32.7 Å². The van der Waals surface area contributed by atoms with E-state index in [4.69, 9.17) is 4.74 Å². The Kier molecular flexibility index (Phi) is 4.77. The van der Waals surface area contributed by atoms with Gasteiger partial charge in [0, 0.05) is 25.3 Å². The van der Waals surface area contributed by atoms with E-state index in [2.05, 4.69) is 20.3 Å². The summed E-state index contributed by atoms with van der Waals surface area (Å²) in [6.45, 7) is 4.38. The fraction of sp³-hybridized carbons (Fsp3) is 0.353. The smallest absolute Gasteiger partial charge is 0.243 e. The standard InChI is InChI=1S/C17H20N6O3S/c1-2-22-12-20-15-16(18-11-19-17(15)22)21-13-3-5-14(6-4-13)27(24,25)23-7-9-26-10-8-23/h3-6,11-12H,2,7-10H2,1H3,(H,18,19,21). The van der Waals surface area contributed by atoms with E-state index in [1.165, 1.54) is 10.6 Å². The molecule has 0 saturated carbocycles. The van der Waals surface area contributed by atoms with Crippen molar-refractivity contribution in [2.45, 2.75) is 18.4 Å². The van der Waals surface area contributed by atoms with Gasteiger partial charge in [-0.1, -0.05) is 0 Å². The zero-order valence-electron chi connectivity index (χ0n) is 14.9. The molecule has 4 rings (SSSR count). The third-order valence-electron chi connectivity index (χ3n) is 4.47. The monoisotopic (exact) mass is 388 g/mol. The molecule has 3 aromatic rings. The average Bonchev–Trinajstić information content (AvgIpc) is 3.13. The highest BCUT2D eigenvalue weighted by Gasteiger charge is 2.26. The first-order chi connectivity index (χ1) is 13.1. The molecule has 0 bridgehead atoms. The number of hydrogen-bond donors (Lipinski definition) is 1. The number of hydrogen-bond acceptors (Lipinski definition) is 7. The summed E-state index contributed by atoms with van der Waals surface area (Å²) in [5.41, 5.74) is 2.15. The number of sulfonamides is 1. The van der Waals surface area contributed by atoms with Crippen LogP contribution in [-0.4, -0.2) is 58.5 Å². The molecule has 1 N–H and O–H groups in total. The second-order valence-corrected chi connectivity index (χ2v) is 8.03. The quantitative estimate of drug-likeness (QED) is 0.708. The molecule has 27 heavy (non-hydrogen) atoms. The Morgan fingerprint density at radius 1 is 1.11 bits per heavy atom. The van der Waals surface area contributed by atoms with Crippen LogP contribution in [0.4, 0.5) is 11.5 Å². The van der Waals surface area contributed by atoms with Crippen LogP contribution >= 0.6 is 0 Å². The van der Waals surface area contributed by atoms with Crippen LogP contribution in [0.1, 0.15) is 6.92 Å². The second-order valence-electron chi connectivity index (χ2n) is 6.09. The molecule has 3 heterocycles. The largest absolute Gasteiger partial charge is 0.379 e. The first-order valence-corrected chi connectivity index (χ1v) is 10.1. The Balaban J connectivity index is 1.57. The van der Waals surface area contributed by atoms with E-state index in [-0.39, 0.29) is 4.90 Å². The van der Waals surface area contributed by atoms with Gasteiger partial charge in [0.25, 0.3) is 0 Å². The molecule has 142 valence electrons. The lowest BCUT2D eigenvalue weighted by Crippen LogP contribution is -2.40. The normalized spacial score (nSPS) is 15.9. The molecule has 9 nitrogen and oxygen atoms in total. The number of fused-ring (bicyclic) bond motifs is 1. The number of benzene rings is 1. The summed E-state index contributed by atoms with van der Waals surface area (Å²) >= 11 is 0. The number of imidazole rings is 1. The SMILES string of the molecule is CCn1cnc2c(Nc3ccc(S(=O)(=O)N4CCOCC4)cc3)ncnc21. The van der Waals surface area contributed by atoms with Crippen LogP contribution in [0.2, 0.25) is 0 Å². The maximum absolute atomic E-state index is 12.7. The second kappa shape index (κ2) is 7.22. The number of ether oxygens (including phenoxy) is 1. The fourth-order valence-corrected chi connectivity index (χ4v) is 4.39. The van der Waals surface area contributed by atoms with Crippen molar-refractivity contribution < 1.29 is 13.2 Å². The summed E-state index contributed by atoms with van der Waals surface area (Å²) in [5, 5.41) is 3.19. The van der Waals surface area contributed by atoms with Gasteiger partial charge in [-0.3, -0.25) is 0 Å². The lowest BCUT2D eigenvalue weighted by Gasteiger charge is -2.26. The van der Waals surface area contributed by atoms with Crippen LogP contribution in [0.25, 0.3) is 11.2 Å². The third kappa shape index (κ3) is 3.38. The predicted octanol–water partition coefficient (Wildman–Crippen LogP) is 1.61. The van der Waals surface area contributed by atoms with Gasteiger partial charge in [0.2, 0.25) is 10.0 Å². The number of nitrogens with zero attached hydrogens (tertiary/aromatic N) is 5.